The number of nitrogens with zero attached hydrogens (tertiary/aromatic N) is 5. The minimum Gasteiger partial charge on any atom is -0.406 e. The van der Waals surface area contributed by atoms with E-state index in [9.17, 15) is 18.0 Å². The molecule has 0 aliphatic carbocycles. The number of ether oxygens (including phenoxy) is 1. The van der Waals surface area contributed by atoms with Gasteiger partial charge in [0.15, 0.2) is 0 Å². The Morgan fingerprint density at radius 2 is 1.76 bits per heavy atom. The first-order valence-electron chi connectivity index (χ1n) is 8.32. The first-order valence-corrected chi connectivity index (χ1v) is 9.20. The summed E-state index contributed by atoms with van der Waals surface area (Å²) in [6, 6.07) is 14.3. The molecule has 152 valence electrons. The number of thioether (sulfide) groups is 1. The van der Waals surface area contributed by atoms with Crippen molar-refractivity contribution in [1.82, 2.24) is 25.1 Å². The molecule has 0 spiro atoms. The molecule has 1 amide bonds. The second-order valence-corrected chi connectivity index (χ2v) is 7.13. The van der Waals surface area contributed by atoms with E-state index in [4.69, 9.17) is 0 Å². The first-order chi connectivity index (χ1) is 13.7. The lowest BCUT2D eigenvalue weighted by atomic mass is 10.1. The maximum absolute atomic E-state index is 12.7. The van der Waals surface area contributed by atoms with Crippen LogP contribution in [0.25, 0.3) is 5.69 Å². The number of likely N-dealkylation sites (N-methyl/N-ethyl adjacent to an activating group) is 1. The van der Waals surface area contributed by atoms with Gasteiger partial charge in [0.2, 0.25) is 11.1 Å². The SMILES string of the molecule is CN(C)C(=O)C(Sc1nnnn1-c1ccc(OC(F)(F)F)cc1)c1ccccc1. The van der Waals surface area contributed by atoms with E-state index < -0.39 is 11.6 Å². The topological polar surface area (TPSA) is 73.1 Å². The normalized spacial score (nSPS) is 12.4. The van der Waals surface area contributed by atoms with Gasteiger partial charge < -0.3 is 9.64 Å². The Labute approximate surface area is 168 Å². The molecule has 2 aromatic carbocycles. The molecule has 7 nitrogen and oxygen atoms in total. The number of aromatic nitrogens is 4. The smallest absolute Gasteiger partial charge is 0.406 e. The highest BCUT2D eigenvalue weighted by Gasteiger charge is 2.31. The monoisotopic (exact) mass is 423 g/mol. The van der Waals surface area contributed by atoms with Crippen LogP contribution in [0.4, 0.5) is 13.2 Å². The van der Waals surface area contributed by atoms with Crippen molar-refractivity contribution in [1.29, 1.82) is 0 Å². The zero-order valence-corrected chi connectivity index (χ0v) is 16.2. The zero-order chi connectivity index (χ0) is 21.0. The van der Waals surface area contributed by atoms with Crippen molar-refractivity contribution in [2.75, 3.05) is 14.1 Å². The van der Waals surface area contributed by atoms with Crippen LogP contribution in [0.15, 0.2) is 59.8 Å². The van der Waals surface area contributed by atoms with E-state index in [0.29, 0.717) is 10.8 Å². The number of hydrogen-bond acceptors (Lipinski definition) is 6. The largest absolute Gasteiger partial charge is 0.573 e. The van der Waals surface area contributed by atoms with Crippen LogP contribution in [0.2, 0.25) is 0 Å². The summed E-state index contributed by atoms with van der Waals surface area (Å²) in [5.74, 6) is -0.502. The molecule has 0 saturated carbocycles. The number of hydrogen-bond donors (Lipinski definition) is 0. The van der Waals surface area contributed by atoms with Gasteiger partial charge in [-0.25, -0.2) is 0 Å². The van der Waals surface area contributed by atoms with Gasteiger partial charge in [0.25, 0.3) is 0 Å². The van der Waals surface area contributed by atoms with E-state index in [0.717, 1.165) is 17.3 Å². The van der Waals surface area contributed by atoms with Crippen LogP contribution in [0.1, 0.15) is 10.8 Å². The Hall–Kier alpha value is -3.08. The van der Waals surface area contributed by atoms with E-state index >= 15 is 0 Å². The maximum atomic E-state index is 12.7. The molecule has 29 heavy (non-hydrogen) atoms. The highest BCUT2D eigenvalue weighted by Crippen LogP contribution is 2.36. The van der Waals surface area contributed by atoms with Gasteiger partial charge in [-0.2, -0.15) is 4.68 Å². The van der Waals surface area contributed by atoms with Crippen LogP contribution >= 0.6 is 11.8 Å². The molecule has 0 aliphatic heterocycles. The molecule has 1 unspecified atom stereocenters. The van der Waals surface area contributed by atoms with E-state index in [1.54, 1.807) is 14.1 Å². The molecule has 11 heteroatoms. The molecule has 0 aliphatic rings. The van der Waals surface area contributed by atoms with Crippen molar-refractivity contribution in [3.8, 4) is 11.4 Å². The number of tetrazole rings is 1. The Kier molecular flexibility index (Phi) is 6.06. The molecular weight excluding hydrogens is 407 g/mol. The zero-order valence-electron chi connectivity index (χ0n) is 15.4. The minimum atomic E-state index is -4.77. The summed E-state index contributed by atoms with van der Waals surface area (Å²) < 4.78 is 42.2. The highest BCUT2D eigenvalue weighted by molar-refractivity contribution is 8.00. The predicted octanol–water partition coefficient (Wildman–Crippen LogP) is 3.48. The third-order valence-corrected chi connectivity index (χ3v) is 4.92. The summed E-state index contributed by atoms with van der Waals surface area (Å²) >= 11 is 1.14. The van der Waals surface area contributed by atoms with Gasteiger partial charge in [0, 0.05) is 14.1 Å². The first kappa shape index (κ1) is 20.6. The molecule has 0 N–H and O–H groups in total. The molecule has 1 atom stereocenters. The Morgan fingerprint density at radius 3 is 2.34 bits per heavy atom. The lowest BCUT2D eigenvalue weighted by molar-refractivity contribution is -0.274. The summed E-state index contributed by atoms with van der Waals surface area (Å²) in [5.41, 5.74) is 1.20. The number of carbonyl (C=O) groups is 1. The quantitative estimate of drug-likeness (QED) is 0.566. The molecule has 0 saturated heterocycles. The van der Waals surface area contributed by atoms with Gasteiger partial charge in [-0.3, -0.25) is 4.79 Å². The van der Waals surface area contributed by atoms with Gasteiger partial charge in [-0.1, -0.05) is 42.1 Å². The molecule has 1 aromatic heterocycles. The van der Waals surface area contributed by atoms with Crippen molar-refractivity contribution >= 4 is 17.7 Å². The van der Waals surface area contributed by atoms with Gasteiger partial charge in [-0.05, 0) is 40.3 Å². The molecule has 1 heterocycles. The molecule has 0 fully saturated rings. The molecule has 0 radical (unpaired) electrons. The number of rotatable bonds is 6. The van der Waals surface area contributed by atoms with Crippen LogP contribution in [0.5, 0.6) is 5.75 Å². The van der Waals surface area contributed by atoms with E-state index in [1.165, 1.54) is 33.8 Å². The van der Waals surface area contributed by atoms with Gasteiger partial charge in [0.1, 0.15) is 11.0 Å². The van der Waals surface area contributed by atoms with E-state index in [1.807, 2.05) is 30.3 Å². The van der Waals surface area contributed by atoms with E-state index in [-0.39, 0.29) is 11.7 Å². The number of amides is 1. The van der Waals surface area contributed by atoms with Crippen molar-refractivity contribution < 1.29 is 22.7 Å². The van der Waals surface area contributed by atoms with Crippen LogP contribution < -0.4 is 4.74 Å². The third-order valence-electron chi connectivity index (χ3n) is 3.75. The average Bonchev–Trinajstić information content (AvgIpc) is 3.14. The number of carbonyl (C=O) groups excluding carboxylic acids is 1. The highest BCUT2D eigenvalue weighted by atomic mass is 32.2. The fraction of sp³-hybridized carbons (Fsp3) is 0.222. The van der Waals surface area contributed by atoms with Crippen LogP contribution in [0.3, 0.4) is 0 Å². The maximum Gasteiger partial charge on any atom is 0.573 e. The second-order valence-electron chi connectivity index (χ2n) is 6.06. The predicted molar refractivity (Wildman–Crippen MR) is 99.6 cm³/mol. The van der Waals surface area contributed by atoms with Crippen molar-refractivity contribution in [3.63, 3.8) is 0 Å². The fourth-order valence-electron chi connectivity index (χ4n) is 2.43. The number of benzene rings is 2. The molecule has 0 bridgehead atoms. The van der Waals surface area contributed by atoms with Gasteiger partial charge in [-0.15, -0.1) is 18.3 Å². The molecular formula is C18H16F3N5O2S. The van der Waals surface area contributed by atoms with Crippen molar-refractivity contribution in [3.05, 3.63) is 60.2 Å². The Morgan fingerprint density at radius 1 is 1.10 bits per heavy atom. The summed E-state index contributed by atoms with van der Waals surface area (Å²) in [6.45, 7) is 0. The minimum absolute atomic E-state index is 0.148. The molecule has 3 rings (SSSR count). The van der Waals surface area contributed by atoms with Gasteiger partial charge in [0.05, 0.1) is 5.69 Å². The van der Waals surface area contributed by atoms with Crippen LogP contribution in [-0.2, 0) is 4.79 Å². The number of halogens is 3. The Balaban J connectivity index is 1.87. The van der Waals surface area contributed by atoms with E-state index in [2.05, 4.69) is 20.3 Å². The van der Waals surface area contributed by atoms with Crippen LogP contribution in [0, 0.1) is 0 Å². The van der Waals surface area contributed by atoms with Crippen LogP contribution in [-0.4, -0.2) is 51.5 Å². The summed E-state index contributed by atoms with van der Waals surface area (Å²) in [6.07, 6.45) is -4.77. The second kappa shape index (κ2) is 8.52. The summed E-state index contributed by atoms with van der Waals surface area (Å²) in [7, 11) is 3.31. The summed E-state index contributed by atoms with van der Waals surface area (Å²) in [4.78, 5) is 14.2. The molecule has 3 aromatic rings. The van der Waals surface area contributed by atoms with Crippen molar-refractivity contribution in [2.45, 2.75) is 16.8 Å². The third kappa shape index (κ3) is 5.25. The standard InChI is InChI=1S/C18H16F3N5O2S/c1-25(2)16(27)15(12-6-4-3-5-7-12)29-17-22-23-24-26(17)13-8-10-14(11-9-13)28-18(19,20)21/h3-11,15H,1-2H3. The number of alkyl halides is 3. The van der Waals surface area contributed by atoms with Crippen molar-refractivity contribution in [2.24, 2.45) is 0 Å². The summed E-state index contributed by atoms with van der Waals surface area (Å²) in [5, 5.41) is 11.2. The average molecular weight is 423 g/mol. The fourth-order valence-corrected chi connectivity index (χ4v) is 3.57. The lowest BCUT2D eigenvalue weighted by Crippen LogP contribution is -2.27. The Bertz CT molecular complexity index is 962. The lowest BCUT2D eigenvalue weighted by Gasteiger charge is -2.20. The van der Waals surface area contributed by atoms with Gasteiger partial charge >= 0.3 is 6.36 Å².